The zero-order chi connectivity index (χ0) is 17.4. The lowest BCUT2D eigenvalue weighted by Gasteiger charge is -2.06. The summed E-state index contributed by atoms with van der Waals surface area (Å²) in [4.78, 5) is 15.6. The van der Waals surface area contributed by atoms with E-state index in [-0.39, 0.29) is 5.91 Å². The Morgan fingerprint density at radius 1 is 1.08 bits per heavy atom. The molecule has 1 aromatic carbocycles. The molecule has 0 aliphatic carbocycles. The van der Waals surface area contributed by atoms with Crippen LogP contribution in [0.5, 0.6) is 0 Å². The lowest BCUT2D eigenvalue weighted by atomic mass is 10.0. The van der Waals surface area contributed by atoms with Crippen molar-refractivity contribution in [3.63, 3.8) is 0 Å². The van der Waals surface area contributed by atoms with Crippen LogP contribution in [0.25, 0.3) is 0 Å². The van der Waals surface area contributed by atoms with Crippen molar-refractivity contribution in [2.24, 2.45) is 5.84 Å². The number of aryl methyl sites for hydroxylation is 2. The Hall–Kier alpha value is -2.53. The molecule has 0 aliphatic rings. The van der Waals surface area contributed by atoms with E-state index in [2.05, 4.69) is 17.3 Å². The van der Waals surface area contributed by atoms with Crippen molar-refractivity contribution in [1.82, 2.24) is 10.4 Å². The van der Waals surface area contributed by atoms with Crippen LogP contribution in [0.2, 0.25) is 0 Å². The Morgan fingerprint density at radius 2 is 1.71 bits per heavy atom. The van der Waals surface area contributed by atoms with Gasteiger partial charge in [-0.1, -0.05) is 43.7 Å². The fourth-order valence-corrected chi connectivity index (χ4v) is 2.48. The summed E-state index contributed by atoms with van der Waals surface area (Å²) in [6, 6.07) is 12.0. The number of hydrogen-bond acceptors (Lipinski definition) is 4. The van der Waals surface area contributed by atoms with E-state index in [9.17, 15) is 4.79 Å². The number of nitrogens with two attached hydrogens (primary N) is 1. The van der Waals surface area contributed by atoms with Crippen molar-refractivity contribution in [3.05, 3.63) is 65.0 Å². The maximum atomic E-state index is 11.2. The van der Waals surface area contributed by atoms with Crippen molar-refractivity contribution < 1.29 is 4.79 Å². The number of hydrogen-bond donors (Lipinski definition) is 3. The first-order valence-corrected chi connectivity index (χ1v) is 8.22. The Morgan fingerprint density at radius 3 is 2.29 bits per heavy atom. The van der Waals surface area contributed by atoms with E-state index in [0.717, 1.165) is 42.5 Å². The number of amides is 1. The van der Waals surface area contributed by atoms with Gasteiger partial charge >= 0.3 is 0 Å². The lowest BCUT2D eigenvalue weighted by Crippen LogP contribution is -2.31. The van der Waals surface area contributed by atoms with Crippen LogP contribution in [0.1, 0.15) is 42.1 Å². The van der Waals surface area contributed by atoms with Gasteiger partial charge in [-0.05, 0) is 42.0 Å². The zero-order valence-electron chi connectivity index (χ0n) is 14.0. The summed E-state index contributed by atoms with van der Waals surface area (Å²) in [5.41, 5.74) is 6.82. The molecule has 4 N–H and O–H groups in total. The highest BCUT2D eigenvalue weighted by atomic mass is 16.2. The largest absolute Gasteiger partial charge is 0.303 e. The molecule has 24 heavy (non-hydrogen) atoms. The molecule has 0 bridgehead atoms. The highest BCUT2D eigenvalue weighted by Crippen LogP contribution is 2.10. The summed E-state index contributed by atoms with van der Waals surface area (Å²) in [6.07, 6.45) is 5.70. The van der Waals surface area contributed by atoms with Gasteiger partial charge < -0.3 is 5.41 Å². The van der Waals surface area contributed by atoms with E-state index < -0.39 is 0 Å². The second kappa shape index (κ2) is 8.93. The molecule has 0 aliphatic heterocycles. The number of nitrogens with one attached hydrogen (secondary N) is 2. The van der Waals surface area contributed by atoms with Crippen LogP contribution in [-0.4, -0.2) is 16.6 Å². The van der Waals surface area contributed by atoms with Crippen molar-refractivity contribution in [1.29, 1.82) is 5.41 Å². The van der Waals surface area contributed by atoms with E-state index in [1.807, 2.05) is 42.6 Å². The molecule has 0 spiro atoms. The van der Waals surface area contributed by atoms with Gasteiger partial charge in [0.25, 0.3) is 0 Å². The third kappa shape index (κ3) is 5.28. The summed E-state index contributed by atoms with van der Waals surface area (Å²) >= 11 is 0. The van der Waals surface area contributed by atoms with Crippen LogP contribution < -0.4 is 11.3 Å². The summed E-state index contributed by atoms with van der Waals surface area (Å²) in [5.74, 6) is 4.90. The number of rotatable bonds is 8. The minimum atomic E-state index is -0.192. The molecule has 2 aromatic rings. The van der Waals surface area contributed by atoms with Gasteiger partial charge in [0, 0.05) is 6.20 Å². The first-order chi connectivity index (χ1) is 11.6. The SMILES string of the molecule is CCCC(=N)c1ccc(CCc2ccc(CC(=O)NN)cc2)cn1. The van der Waals surface area contributed by atoms with Crippen molar-refractivity contribution >= 4 is 11.6 Å². The molecule has 2 rings (SSSR count). The second-order valence-electron chi connectivity index (χ2n) is 5.84. The Kier molecular flexibility index (Phi) is 6.63. The lowest BCUT2D eigenvalue weighted by molar-refractivity contribution is -0.120. The van der Waals surface area contributed by atoms with E-state index in [1.54, 1.807) is 0 Å². The molecule has 5 nitrogen and oxygen atoms in total. The van der Waals surface area contributed by atoms with Crippen LogP contribution in [0.15, 0.2) is 42.6 Å². The molecule has 126 valence electrons. The van der Waals surface area contributed by atoms with Gasteiger partial charge in [-0.2, -0.15) is 0 Å². The van der Waals surface area contributed by atoms with Gasteiger partial charge in [-0.25, -0.2) is 5.84 Å². The van der Waals surface area contributed by atoms with Crippen LogP contribution in [0, 0.1) is 5.41 Å². The predicted molar refractivity (Wildman–Crippen MR) is 95.9 cm³/mol. The van der Waals surface area contributed by atoms with E-state index in [0.29, 0.717) is 12.1 Å². The van der Waals surface area contributed by atoms with E-state index >= 15 is 0 Å². The molecule has 1 aromatic heterocycles. The predicted octanol–water partition coefficient (Wildman–Crippen LogP) is 2.57. The summed E-state index contributed by atoms with van der Waals surface area (Å²) < 4.78 is 0. The fraction of sp³-hybridized carbons (Fsp3) is 0.316. The number of aromatic nitrogens is 1. The van der Waals surface area contributed by atoms with E-state index in [1.165, 1.54) is 5.56 Å². The standard InChI is InChI=1S/C19H24N4O/c1-2-3-17(20)18-11-10-16(13-22-18)9-6-14-4-7-15(8-5-14)12-19(24)23-21/h4-5,7-8,10-11,13,20H,2-3,6,9,12,21H2,1H3,(H,23,24). The first-order valence-electron chi connectivity index (χ1n) is 8.22. The normalized spacial score (nSPS) is 10.4. The van der Waals surface area contributed by atoms with Gasteiger partial charge in [0.05, 0.1) is 17.8 Å². The van der Waals surface area contributed by atoms with Gasteiger partial charge in [0.1, 0.15) is 0 Å². The molecule has 1 heterocycles. The molecule has 0 radical (unpaired) electrons. The maximum absolute atomic E-state index is 11.2. The summed E-state index contributed by atoms with van der Waals surface area (Å²) in [6.45, 7) is 2.07. The second-order valence-corrected chi connectivity index (χ2v) is 5.84. The molecule has 0 saturated carbocycles. The van der Waals surface area contributed by atoms with Crippen molar-refractivity contribution in [3.8, 4) is 0 Å². The monoisotopic (exact) mass is 324 g/mol. The van der Waals surface area contributed by atoms with Crippen LogP contribution in [0.3, 0.4) is 0 Å². The van der Waals surface area contributed by atoms with Crippen molar-refractivity contribution in [2.75, 3.05) is 0 Å². The average Bonchev–Trinajstić information content (AvgIpc) is 2.61. The minimum Gasteiger partial charge on any atom is -0.303 e. The van der Waals surface area contributed by atoms with Gasteiger partial charge in [-0.3, -0.25) is 15.2 Å². The quantitative estimate of drug-likeness (QED) is 0.301. The third-order valence-electron chi connectivity index (χ3n) is 3.88. The highest BCUT2D eigenvalue weighted by molar-refractivity contribution is 5.96. The van der Waals surface area contributed by atoms with Gasteiger partial charge in [-0.15, -0.1) is 0 Å². The summed E-state index contributed by atoms with van der Waals surface area (Å²) in [7, 11) is 0. The number of carbonyl (C=O) groups is 1. The molecule has 0 saturated heterocycles. The molecule has 0 atom stereocenters. The molecule has 1 amide bonds. The summed E-state index contributed by atoms with van der Waals surface area (Å²) in [5, 5.41) is 7.92. The average molecular weight is 324 g/mol. The molecule has 0 unspecified atom stereocenters. The third-order valence-corrected chi connectivity index (χ3v) is 3.88. The topological polar surface area (TPSA) is 91.9 Å². The number of benzene rings is 1. The molecular weight excluding hydrogens is 300 g/mol. The van der Waals surface area contributed by atoms with Crippen LogP contribution in [0.4, 0.5) is 0 Å². The number of hydrazine groups is 1. The minimum absolute atomic E-state index is 0.192. The van der Waals surface area contributed by atoms with Gasteiger partial charge in [0.15, 0.2) is 0 Å². The van der Waals surface area contributed by atoms with Crippen LogP contribution >= 0.6 is 0 Å². The van der Waals surface area contributed by atoms with Gasteiger partial charge in [0.2, 0.25) is 5.91 Å². The van der Waals surface area contributed by atoms with E-state index in [4.69, 9.17) is 11.3 Å². The maximum Gasteiger partial charge on any atom is 0.238 e. The smallest absolute Gasteiger partial charge is 0.238 e. The Balaban J connectivity index is 1.89. The first kappa shape index (κ1) is 17.8. The fourth-order valence-electron chi connectivity index (χ4n) is 2.48. The highest BCUT2D eigenvalue weighted by Gasteiger charge is 2.04. The number of pyridine rings is 1. The number of carbonyl (C=O) groups excluding carboxylic acids is 1. The Bertz CT molecular complexity index is 678. The molecular formula is C19H24N4O. The van der Waals surface area contributed by atoms with Crippen molar-refractivity contribution in [2.45, 2.75) is 39.0 Å². The number of nitrogens with zero attached hydrogens (tertiary/aromatic N) is 1. The Labute approximate surface area is 142 Å². The zero-order valence-corrected chi connectivity index (χ0v) is 14.0. The van der Waals surface area contributed by atoms with Crippen LogP contribution in [-0.2, 0) is 24.1 Å². The molecule has 0 fully saturated rings. The molecule has 5 heteroatoms.